The predicted molar refractivity (Wildman–Crippen MR) is 71.9 cm³/mol. The Morgan fingerprint density at radius 2 is 1.67 bits per heavy atom. The molecule has 3 heteroatoms. The number of ketones is 1. The van der Waals surface area contributed by atoms with Crippen LogP contribution in [0.5, 0.6) is 0 Å². The second-order valence-electron chi connectivity index (χ2n) is 4.37. The van der Waals surface area contributed by atoms with Crippen LogP contribution in [0.3, 0.4) is 0 Å². The summed E-state index contributed by atoms with van der Waals surface area (Å²) >= 11 is 6.12. The van der Waals surface area contributed by atoms with Crippen molar-refractivity contribution in [2.24, 2.45) is 0 Å². The van der Waals surface area contributed by atoms with Gasteiger partial charge in [0.05, 0.1) is 12.1 Å². The Balaban J connectivity index is 1.79. The Labute approximate surface area is 111 Å². The number of carbonyl (C=O) groups is 1. The van der Waals surface area contributed by atoms with Crippen LogP contribution in [0.25, 0.3) is 0 Å². The lowest BCUT2D eigenvalue weighted by atomic mass is 10.0. The highest BCUT2D eigenvalue weighted by molar-refractivity contribution is 6.31. The molecule has 0 amide bonds. The normalized spacial score (nSPS) is 21.6. The molecule has 0 spiro atoms. The van der Waals surface area contributed by atoms with Crippen molar-refractivity contribution in [2.75, 3.05) is 0 Å². The van der Waals surface area contributed by atoms with Crippen LogP contribution in [0.2, 0.25) is 5.02 Å². The van der Waals surface area contributed by atoms with Gasteiger partial charge in [0.2, 0.25) is 0 Å². The molecule has 2 atom stereocenters. The minimum atomic E-state index is -0.146. The van der Waals surface area contributed by atoms with Crippen LogP contribution in [0, 0.1) is 0 Å². The molecule has 0 aliphatic carbocycles. The van der Waals surface area contributed by atoms with E-state index < -0.39 is 0 Å². The summed E-state index contributed by atoms with van der Waals surface area (Å²) in [6.45, 7) is 0. The van der Waals surface area contributed by atoms with Gasteiger partial charge in [-0.15, -0.1) is 0 Å². The van der Waals surface area contributed by atoms with Gasteiger partial charge in [0.25, 0.3) is 0 Å². The Morgan fingerprint density at radius 3 is 2.39 bits per heavy atom. The third-order valence-electron chi connectivity index (χ3n) is 3.16. The smallest absolute Gasteiger partial charge is 0.181 e. The zero-order valence-corrected chi connectivity index (χ0v) is 10.4. The third kappa shape index (κ3) is 2.05. The van der Waals surface area contributed by atoms with Crippen LogP contribution in [0.4, 0.5) is 0 Å². The Kier molecular flexibility index (Phi) is 2.90. The lowest BCUT2D eigenvalue weighted by Crippen LogP contribution is -2.10. The van der Waals surface area contributed by atoms with Crippen molar-refractivity contribution < 1.29 is 4.79 Å². The first-order valence-corrected chi connectivity index (χ1v) is 6.25. The highest BCUT2D eigenvalue weighted by atomic mass is 35.5. The molecule has 1 N–H and O–H groups in total. The van der Waals surface area contributed by atoms with Gasteiger partial charge in [-0.05, 0) is 11.6 Å². The fourth-order valence-electron chi connectivity index (χ4n) is 2.14. The van der Waals surface area contributed by atoms with Crippen LogP contribution < -0.4 is 5.32 Å². The Bertz CT molecular complexity index is 582. The van der Waals surface area contributed by atoms with Crippen molar-refractivity contribution in [2.45, 2.75) is 12.1 Å². The first kappa shape index (κ1) is 11.5. The van der Waals surface area contributed by atoms with Gasteiger partial charge in [-0.1, -0.05) is 60.1 Å². The SMILES string of the molecule is O=C(c1ccccc1)C1NC1c1ccccc1Cl. The summed E-state index contributed by atoms with van der Waals surface area (Å²) in [5, 5.41) is 3.90. The molecule has 1 saturated heterocycles. The second kappa shape index (κ2) is 4.56. The van der Waals surface area contributed by atoms with Crippen molar-refractivity contribution in [3.05, 3.63) is 70.7 Å². The van der Waals surface area contributed by atoms with E-state index in [-0.39, 0.29) is 17.9 Å². The van der Waals surface area contributed by atoms with Gasteiger partial charge in [-0.3, -0.25) is 10.1 Å². The number of benzene rings is 2. The highest BCUT2D eigenvalue weighted by Crippen LogP contribution is 2.35. The Hall–Kier alpha value is -1.64. The largest absolute Gasteiger partial charge is 0.297 e. The minimum Gasteiger partial charge on any atom is -0.297 e. The van der Waals surface area contributed by atoms with E-state index in [1.807, 2.05) is 54.6 Å². The van der Waals surface area contributed by atoms with Gasteiger partial charge in [0.1, 0.15) is 0 Å². The van der Waals surface area contributed by atoms with E-state index in [4.69, 9.17) is 11.6 Å². The van der Waals surface area contributed by atoms with E-state index in [2.05, 4.69) is 5.32 Å². The van der Waals surface area contributed by atoms with Crippen molar-refractivity contribution in [1.82, 2.24) is 5.32 Å². The lowest BCUT2D eigenvalue weighted by molar-refractivity contribution is 0.0988. The third-order valence-corrected chi connectivity index (χ3v) is 3.51. The standard InChI is InChI=1S/C15H12ClNO/c16-12-9-5-4-8-11(12)13-14(17-13)15(18)10-6-2-1-3-7-10/h1-9,13-14,17H. The fourth-order valence-corrected chi connectivity index (χ4v) is 2.40. The molecule has 90 valence electrons. The minimum absolute atomic E-state index is 0.0476. The van der Waals surface area contributed by atoms with Gasteiger partial charge in [-0.2, -0.15) is 0 Å². The van der Waals surface area contributed by atoms with Gasteiger partial charge in [0, 0.05) is 10.6 Å². The summed E-state index contributed by atoms with van der Waals surface area (Å²) in [5.41, 5.74) is 1.73. The zero-order valence-electron chi connectivity index (χ0n) is 9.64. The summed E-state index contributed by atoms with van der Waals surface area (Å²) in [6.07, 6.45) is 0. The lowest BCUT2D eigenvalue weighted by Gasteiger charge is -2.01. The molecule has 0 radical (unpaired) electrons. The molecule has 2 unspecified atom stereocenters. The van der Waals surface area contributed by atoms with Crippen LogP contribution in [-0.4, -0.2) is 11.8 Å². The average molecular weight is 258 g/mol. The van der Waals surface area contributed by atoms with Crippen LogP contribution in [0.15, 0.2) is 54.6 Å². The maximum absolute atomic E-state index is 12.2. The topological polar surface area (TPSA) is 39.0 Å². The molecule has 1 fully saturated rings. The number of rotatable bonds is 3. The monoisotopic (exact) mass is 257 g/mol. The van der Waals surface area contributed by atoms with Gasteiger partial charge in [-0.25, -0.2) is 0 Å². The van der Waals surface area contributed by atoms with Gasteiger partial charge >= 0.3 is 0 Å². The summed E-state index contributed by atoms with van der Waals surface area (Å²) in [4.78, 5) is 12.2. The molecule has 0 aromatic heterocycles. The number of hydrogen-bond donors (Lipinski definition) is 1. The molecular weight excluding hydrogens is 246 g/mol. The summed E-state index contributed by atoms with van der Waals surface area (Å²) in [5.74, 6) is 0.125. The van der Waals surface area contributed by atoms with Gasteiger partial charge < -0.3 is 0 Å². The quantitative estimate of drug-likeness (QED) is 0.677. The molecule has 1 aliphatic heterocycles. The maximum atomic E-state index is 12.2. The molecule has 2 aromatic rings. The molecular formula is C15H12ClNO. The van der Waals surface area contributed by atoms with E-state index in [1.54, 1.807) is 0 Å². The number of nitrogens with one attached hydrogen (secondary N) is 1. The van der Waals surface area contributed by atoms with Crippen molar-refractivity contribution in [3.63, 3.8) is 0 Å². The number of halogens is 1. The number of Topliss-reactive ketones (excluding diaryl/α,β-unsaturated/α-hetero) is 1. The fraction of sp³-hybridized carbons (Fsp3) is 0.133. The highest BCUT2D eigenvalue weighted by Gasteiger charge is 2.44. The molecule has 1 aliphatic rings. The average Bonchev–Trinajstić information content (AvgIpc) is 3.20. The first-order valence-electron chi connectivity index (χ1n) is 5.87. The van der Waals surface area contributed by atoms with E-state index in [0.717, 1.165) is 11.1 Å². The van der Waals surface area contributed by atoms with E-state index in [9.17, 15) is 4.79 Å². The molecule has 18 heavy (non-hydrogen) atoms. The molecule has 0 bridgehead atoms. The predicted octanol–water partition coefficient (Wildman–Crippen LogP) is 3.24. The molecule has 2 nitrogen and oxygen atoms in total. The van der Waals surface area contributed by atoms with Crippen LogP contribution in [-0.2, 0) is 0 Å². The number of hydrogen-bond acceptors (Lipinski definition) is 2. The van der Waals surface area contributed by atoms with Crippen LogP contribution >= 0.6 is 11.6 Å². The summed E-state index contributed by atoms with van der Waals surface area (Å²) < 4.78 is 0. The van der Waals surface area contributed by atoms with Crippen molar-refractivity contribution >= 4 is 17.4 Å². The van der Waals surface area contributed by atoms with E-state index in [1.165, 1.54) is 0 Å². The van der Waals surface area contributed by atoms with E-state index in [0.29, 0.717) is 5.02 Å². The molecule has 2 aromatic carbocycles. The van der Waals surface area contributed by atoms with Crippen molar-refractivity contribution in [3.8, 4) is 0 Å². The second-order valence-corrected chi connectivity index (χ2v) is 4.78. The van der Waals surface area contributed by atoms with Gasteiger partial charge in [0.15, 0.2) is 5.78 Å². The molecule has 0 saturated carbocycles. The zero-order chi connectivity index (χ0) is 12.5. The first-order chi connectivity index (χ1) is 8.77. The summed E-state index contributed by atoms with van der Waals surface area (Å²) in [7, 11) is 0. The number of carbonyl (C=O) groups excluding carboxylic acids is 1. The molecule has 1 heterocycles. The van der Waals surface area contributed by atoms with Crippen molar-refractivity contribution in [1.29, 1.82) is 0 Å². The van der Waals surface area contributed by atoms with E-state index >= 15 is 0 Å². The molecule has 3 rings (SSSR count). The Morgan fingerprint density at radius 1 is 1.00 bits per heavy atom. The maximum Gasteiger partial charge on any atom is 0.181 e. The summed E-state index contributed by atoms with van der Waals surface area (Å²) in [6, 6.07) is 16.9. The van der Waals surface area contributed by atoms with Crippen LogP contribution in [0.1, 0.15) is 22.0 Å².